The predicted octanol–water partition coefficient (Wildman–Crippen LogP) is 0.783. The van der Waals surface area contributed by atoms with E-state index in [1.807, 2.05) is 0 Å². The lowest BCUT2D eigenvalue weighted by Crippen LogP contribution is -2.38. The smallest absolute Gasteiger partial charge is 0.293 e. The van der Waals surface area contributed by atoms with Gasteiger partial charge in [0.1, 0.15) is 11.3 Å². The van der Waals surface area contributed by atoms with Gasteiger partial charge in [-0.25, -0.2) is 4.99 Å². The second kappa shape index (κ2) is 4.29. The number of rotatable bonds is 2. The molecule has 0 aromatic heterocycles. The lowest BCUT2D eigenvalue weighted by molar-refractivity contribution is -0.385. The standard InChI is InChI=1S/C15H11N5O4/c16-7-13-11(9-3-1-2-4-10(9)20(21)22)14(13,8-17)15(19-12(13)18)23-5-6-24-15/h1-4,11H,5-6H2,(H2,18,19)/t11-,13+,14+/m0/s1. The summed E-state index contributed by atoms with van der Waals surface area (Å²) >= 11 is 0. The number of nitro benzene ring substituents is 1. The van der Waals surface area contributed by atoms with Crippen molar-refractivity contribution < 1.29 is 14.4 Å². The Bertz CT molecular complexity index is 879. The normalized spacial score (nSPS) is 34.9. The van der Waals surface area contributed by atoms with Crippen LogP contribution in [0.3, 0.4) is 0 Å². The third-order valence-corrected chi connectivity index (χ3v) is 5.05. The molecule has 2 N–H and O–H groups in total. The molecule has 24 heavy (non-hydrogen) atoms. The summed E-state index contributed by atoms with van der Waals surface area (Å²) in [4.78, 5) is 14.9. The molecule has 1 saturated heterocycles. The molecule has 0 bridgehead atoms. The molecule has 1 aliphatic carbocycles. The molecule has 1 aromatic carbocycles. The quantitative estimate of drug-likeness (QED) is 0.624. The molecule has 0 unspecified atom stereocenters. The molecule has 2 fully saturated rings. The van der Waals surface area contributed by atoms with Gasteiger partial charge in [-0.15, -0.1) is 0 Å². The van der Waals surface area contributed by atoms with Crippen LogP contribution in [-0.4, -0.2) is 29.9 Å². The van der Waals surface area contributed by atoms with Gasteiger partial charge in [0.2, 0.25) is 0 Å². The maximum absolute atomic E-state index is 11.4. The van der Waals surface area contributed by atoms with Crippen molar-refractivity contribution in [3.63, 3.8) is 0 Å². The Labute approximate surface area is 136 Å². The van der Waals surface area contributed by atoms with Crippen molar-refractivity contribution >= 4 is 11.5 Å². The minimum atomic E-state index is -1.68. The molecule has 4 rings (SSSR count). The molecule has 120 valence electrons. The van der Waals surface area contributed by atoms with Gasteiger partial charge in [0.05, 0.1) is 30.3 Å². The third kappa shape index (κ3) is 1.25. The number of nitriles is 2. The molecule has 1 spiro atoms. The first kappa shape index (κ1) is 14.6. The van der Waals surface area contributed by atoms with E-state index in [4.69, 9.17) is 15.2 Å². The van der Waals surface area contributed by atoms with Crippen LogP contribution in [0.5, 0.6) is 0 Å². The summed E-state index contributed by atoms with van der Waals surface area (Å²) in [6.07, 6.45) is 0. The number of benzene rings is 1. The molecule has 2 heterocycles. The maximum atomic E-state index is 11.4. The number of hydrogen-bond donors (Lipinski definition) is 1. The number of para-hydroxylation sites is 1. The van der Waals surface area contributed by atoms with Crippen molar-refractivity contribution in [2.75, 3.05) is 13.2 Å². The summed E-state index contributed by atoms with van der Waals surface area (Å²) in [6, 6.07) is 10.1. The zero-order valence-electron chi connectivity index (χ0n) is 12.3. The fraction of sp³-hybridized carbons (Fsp3) is 0.400. The summed E-state index contributed by atoms with van der Waals surface area (Å²) < 4.78 is 11.1. The Balaban J connectivity index is 1.97. The van der Waals surface area contributed by atoms with Gasteiger partial charge >= 0.3 is 0 Å². The maximum Gasteiger partial charge on any atom is 0.293 e. The predicted molar refractivity (Wildman–Crippen MR) is 78.2 cm³/mol. The largest absolute Gasteiger partial charge is 0.386 e. The van der Waals surface area contributed by atoms with Gasteiger partial charge in [0, 0.05) is 17.5 Å². The zero-order chi connectivity index (χ0) is 17.2. The highest BCUT2D eigenvalue weighted by atomic mass is 16.8. The van der Waals surface area contributed by atoms with Gasteiger partial charge in [0.15, 0.2) is 5.41 Å². The van der Waals surface area contributed by atoms with Crippen molar-refractivity contribution in [2.45, 2.75) is 11.8 Å². The molecule has 9 heteroatoms. The Hall–Kier alpha value is -3.01. The lowest BCUT2D eigenvalue weighted by atomic mass is 9.93. The molecule has 2 aliphatic heterocycles. The molecule has 3 aliphatic rings. The average Bonchev–Trinajstić information content (AvgIpc) is 2.83. The third-order valence-electron chi connectivity index (χ3n) is 5.05. The molecular formula is C15H11N5O4. The fourth-order valence-electron chi connectivity index (χ4n) is 4.08. The fourth-order valence-corrected chi connectivity index (χ4v) is 4.08. The number of fused-ring (bicyclic) bond motifs is 2. The first-order valence-corrected chi connectivity index (χ1v) is 7.20. The van der Waals surface area contributed by atoms with E-state index in [0.717, 1.165) is 0 Å². The Morgan fingerprint density at radius 2 is 1.96 bits per heavy atom. The van der Waals surface area contributed by atoms with Crippen molar-refractivity contribution in [2.24, 2.45) is 21.6 Å². The Morgan fingerprint density at radius 3 is 2.54 bits per heavy atom. The highest BCUT2D eigenvalue weighted by Crippen LogP contribution is 2.82. The molecule has 0 radical (unpaired) electrons. The highest BCUT2D eigenvalue weighted by molar-refractivity contribution is 6.00. The van der Waals surface area contributed by atoms with Gasteiger partial charge in [-0.1, -0.05) is 18.2 Å². The van der Waals surface area contributed by atoms with E-state index in [9.17, 15) is 20.6 Å². The van der Waals surface area contributed by atoms with E-state index in [0.29, 0.717) is 0 Å². The number of amidine groups is 1. The van der Waals surface area contributed by atoms with E-state index in [1.165, 1.54) is 18.2 Å². The van der Waals surface area contributed by atoms with Crippen molar-refractivity contribution in [1.29, 1.82) is 10.5 Å². The molecule has 1 saturated carbocycles. The van der Waals surface area contributed by atoms with Crippen LogP contribution in [-0.2, 0) is 9.47 Å². The van der Waals surface area contributed by atoms with Crippen LogP contribution < -0.4 is 5.73 Å². The summed E-state index contributed by atoms with van der Waals surface area (Å²) in [5.41, 5.74) is 3.01. The van der Waals surface area contributed by atoms with Crippen LogP contribution in [0.25, 0.3) is 0 Å². The molecule has 1 aromatic rings. The molecule has 0 amide bonds. The number of nitrogens with two attached hydrogens (primary N) is 1. The molecule has 9 nitrogen and oxygen atoms in total. The van der Waals surface area contributed by atoms with Crippen molar-refractivity contribution in [3.8, 4) is 12.1 Å². The van der Waals surface area contributed by atoms with Gasteiger partial charge in [0.25, 0.3) is 11.6 Å². The number of hydrogen-bond acceptors (Lipinski definition) is 8. The van der Waals surface area contributed by atoms with Crippen LogP contribution in [0.1, 0.15) is 11.5 Å². The number of ether oxygens (including phenoxy) is 2. The number of nitro groups is 1. The summed E-state index contributed by atoms with van der Waals surface area (Å²) in [7, 11) is 0. The Kier molecular flexibility index (Phi) is 2.61. The summed E-state index contributed by atoms with van der Waals surface area (Å²) in [5.74, 6) is -2.62. The second-order valence-electron chi connectivity index (χ2n) is 5.86. The van der Waals surface area contributed by atoms with Crippen molar-refractivity contribution in [3.05, 3.63) is 39.9 Å². The highest BCUT2D eigenvalue weighted by Gasteiger charge is 2.94. The van der Waals surface area contributed by atoms with Gasteiger partial charge in [-0.05, 0) is 0 Å². The van der Waals surface area contributed by atoms with Crippen LogP contribution in [0.2, 0.25) is 0 Å². The average molecular weight is 325 g/mol. The van der Waals surface area contributed by atoms with Gasteiger partial charge in [-0.3, -0.25) is 10.1 Å². The van der Waals surface area contributed by atoms with E-state index < -0.39 is 27.6 Å². The van der Waals surface area contributed by atoms with Gasteiger partial charge in [-0.2, -0.15) is 10.5 Å². The second-order valence-corrected chi connectivity index (χ2v) is 5.86. The van der Waals surface area contributed by atoms with Crippen LogP contribution >= 0.6 is 0 Å². The zero-order valence-corrected chi connectivity index (χ0v) is 12.3. The number of aliphatic imine (C=N–C) groups is 1. The van der Waals surface area contributed by atoms with Crippen LogP contribution in [0.15, 0.2) is 29.3 Å². The van der Waals surface area contributed by atoms with E-state index in [-0.39, 0.29) is 30.3 Å². The van der Waals surface area contributed by atoms with E-state index in [1.54, 1.807) is 6.07 Å². The first-order valence-electron chi connectivity index (χ1n) is 7.20. The minimum Gasteiger partial charge on any atom is -0.386 e. The first-order chi connectivity index (χ1) is 11.5. The summed E-state index contributed by atoms with van der Waals surface area (Å²) in [6.45, 7) is 0.399. The minimum absolute atomic E-state index is 0.0865. The monoisotopic (exact) mass is 325 g/mol. The van der Waals surface area contributed by atoms with Crippen LogP contribution in [0, 0.1) is 43.6 Å². The van der Waals surface area contributed by atoms with E-state index >= 15 is 0 Å². The number of nitrogens with zero attached hydrogens (tertiary/aromatic N) is 4. The lowest BCUT2D eigenvalue weighted by Gasteiger charge is -2.25. The SMILES string of the molecule is N#C[C@@]12C(N)=NC3(OCCO3)[C@]1(C#N)[C@H]2c1ccccc1[N+](=O)[O-]. The Morgan fingerprint density at radius 1 is 1.29 bits per heavy atom. The molecule has 3 atom stereocenters. The van der Waals surface area contributed by atoms with Crippen LogP contribution in [0.4, 0.5) is 5.69 Å². The summed E-state index contributed by atoms with van der Waals surface area (Å²) in [5, 5.41) is 31.1. The van der Waals surface area contributed by atoms with E-state index in [2.05, 4.69) is 17.1 Å². The topological polar surface area (TPSA) is 148 Å². The van der Waals surface area contributed by atoms with Gasteiger partial charge < -0.3 is 15.2 Å². The molecular weight excluding hydrogens is 314 g/mol. The van der Waals surface area contributed by atoms with Crippen molar-refractivity contribution in [1.82, 2.24) is 0 Å².